The number of carbonyl (C=O) groups excluding carboxylic acids is 1. The Morgan fingerprint density at radius 1 is 1.10 bits per heavy atom. The third-order valence-electron chi connectivity index (χ3n) is 5.28. The number of aromatic nitrogens is 3. The van der Waals surface area contributed by atoms with Gasteiger partial charge in [-0.3, -0.25) is 4.79 Å². The van der Waals surface area contributed by atoms with Crippen molar-refractivity contribution in [2.75, 3.05) is 36.5 Å². The highest BCUT2D eigenvalue weighted by atomic mass is 32.1. The molecule has 0 bridgehead atoms. The standard InChI is InChI=1S/C23H21N5O2S/c29-21(26-23-27-24-15-31-23)14-18-5-1-3-16-7-8-20(25-22(16)18)17-4-2-6-19(13-17)28-9-11-30-12-10-28/h1-8,13,15H,9-12,14H2,(H,26,27,29). The van der Waals surface area contributed by atoms with Gasteiger partial charge in [-0.15, -0.1) is 10.2 Å². The molecule has 0 spiro atoms. The Bertz CT molecular complexity index is 1210. The molecular weight excluding hydrogens is 410 g/mol. The van der Waals surface area contributed by atoms with Crippen LogP contribution in [0.15, 0.2) is 60.1 Å². The molecule has 1 amide bonds. The topological polar surface area (TPSA) is 80.2 Å². The lowest BCUT2D eigenvalue weighted by atomic mass is 10.0. The zero-order valence-electron chi connectivity index (χ0n) is 16.8. The Kier molecular flexibility index (Phi) is 5.56. The van der Waals surface area contributed by atoms with E-state index < -0.39 is 0 Å². The summed E-state index contributed by atoms with van der Waals surface area (Å²) >= 11 is 1.30. The number of ether oxygens (including phenoxy) is 1. The number of hydrogen-bond acceptors (Lipinski definition) is 7. The molecule has 2 aromatic heterocycles. The molecular formula is C23H21N5O2S. The Morgan fingerprint density at radius 3 is 2.81 bits per heavy atom. The number of benzene rings is 2. The van der Waals surface area contributed by atoms with Crippen LogP contribution in [0.4, 0.5) is 10.8 Å². The summed E-state index contributed by atoms with van der Waals surface area (Å²) in [6.07, 6.45) is 0.223. The molecule has 5 rings (SSSR count). The van der Waals surface area contributed by atoms with E-state index in [0.29, 0.717) is 5.13 Å². The Balaban J connectivity index is 1.44. The van der Waals surface area contributed by atoms with Crippen molar-refractivity contribution in [3.63, 3.8) is 0 Å². The van der Waals surface area contributed by atoms with Crippen LogP contribution in [0.3, 0.4) is 0 Å². The van der Waals surface area contributed by atoms with Gasteiger partial charge in [0.25, 0.3) is 0 Å². The summed E-state index contributed by atoms with van der Waals surface area (Å²) < 4.78 is 5.47. The molecule has 156 valence electrons. The molecule has 1 saturated heterocycles. The molecule has 3 heterocycles. The van der Waals surface area contributed by atoms with Crippen molar-refractivity contribution in [2.24, 2.45) is 0 Å². The summed E-state index contributed by atoms with van der Waals surface area (Å²) in [5.41, 5.74) is 6.42. The zero-order valence-corrected chi connectivity index (χ0v) is 17.6. The van der Waals surface area contributed by atoms with Crippen LogP contribution in [0.5, 0.6) is 0 Å². The van der Waals surface area contributed by atoms with Crippen LogP contribution < -0.4 is 10.2 Å². The summed E-state index contributed by atoms with van der Waals surface area (Å²) in [5, 5.41) is 11.9. The monoisotopic (exact) mass is 431 g/mol. The van der Waals surface area contributed by atoms with E-state index in [0.717, 1.165) is 54.0 Å². The summed E-state index contributed by atoms with van der Waals surface area (Å²) in [6, 6.07) is 18.4. The SMILES string of the molecule is O=C(Cc1cccc2ccc(-c3cccc(N4CCOCC4)c3)nc12)Nc1nncs1. The molecule has 31 heavy (non-hydrogen) atoms. The van der Waals surface area contributed by atoms with Crippen molar-refractivity contribution in [2.45, 2.75) is 6.42 Å². The number of hydrogen-bond donors (Lipinski definition) is 1. The Hall–Kier alpha value is -3.36. The van der Waals surface area contributed by atoms with Crippen molar-refractivity contribution in [3.05, 3.63) is 65.7 Å². The maximum absolute atomic E-state index is 12.5. The fraction of sp³-hybridized carbons (Fsp3) is 0.217. The van der Waals surface area contributed by atoms with Crippen molar-refractivity contribution < 1.29 is 9.53 Å². The smallest absolute Gasteiger partial charge is 0.230 e. The fourth-order valence-corrected chi connectivity index (χ4v) is 4.22. The first-order chi connectivity index (χ1) is 15.3. The maximum atomic E-state index is 12.5. The molecule has 1 fully saturated rings. The van der Waals surface area contributed by atoms with Crippen LogP contribution in [-0.4, -0.2) is 47.4 Å². The van der Waals surface area contributed by atoms with Gasteiger partial charge in [0.05, 0.1) is 30.8 Å². The lowest BCUT2D eigenvalue weighted by Crippen LogP contribution is -2.36. The summed E-state index contributed by atoms with van der Waals surface area (Å²) in [7, 11) is 0. The molecule has 0 atom stereocenters. The van der Waals surface area contributed by atoms with Crippen LogP contribution in [0.2, 0.25) is 0 Å². The molecule has 0 aliphatic carbocycles. The van der Waals surface area contributed by atoms with Gasteiger partial charge in [0.1, 0.15) is 5.51 Å². The number of nitrogens with zero attached hydrogens (tertiary/aromatic N) is 4. The minimum absolute atomic E-state index is 0.134. The molecule has 1 aliphatic heterocycles. The average molecular weight is 432 g/mol. The number of anilines is 2. The average Bonchev–Trinajstić information content (AvgIpc) is 3.32. The number of para-hydroxylation sites is 1. The molecule has 7 nitrogen and oxygen atoms in total. The van der Waals surface area contributed by atoms with Crippen LogP contribution in [-0.2, 0) is 16.0 Å². The number of rotatable bonds is 5. The number of amides is 1. The highest BCUT2D eigenvalue weighted by Crippen LogP contribution is 2.27. The van der Waals surface area contributed by atoms with E-state index in [-0.39, 0.29) is 12.3 Å². The second kappa shape index (κ2) is 8.79. The van der Waals surface area contributed by atoms with E-state index >= 15 is 0 Å². The van der Waals surface area contributed by atoms with Gasteiger partial charge in [0, 0.05) is 29.7 Å². The van der Waals surface area contributed by atoms with Crippen LogP contribution >= 0.6 is 11.3 Å². The first-order valence-electron chi connectivity index (χ1n) is 10.1. The minimum Gasteiger partial charge on any atom is -0.378 e. The molecule has 0 saturated carbocycles. The highest BCUT2D eigenvalue weighted by Gasteiger charge is 2.14. The predicted molar refractivity (Wildman–Crippen MR) is 122 cm³/mol. The van der Waals surface area contributed by atoms with E-state index in [1.807, 2.05) is 24.3 Å². The third kappa shape index (κ3) is 4.40. The molecule has 1 N–H and O–H groups in total. The van der Waals surface area contributed by atoms with E-state index in [2.05, 4.69) is 50.7 Å². The van der Waals surface area contributed by atoms with Gasteiger partial charge in [0.2, 0.25) is 11.0 Å². The fourth-order valence-electron chi connectivity index (χ4n) is 3.76. The van der Waals surface area contributed by atoms with E-state index in [4.69, 9.17) is 9.72 Å². The highest BCUT2D eigenvalue weighted by molar-refractivity contribution is 7.13. The van der Waals surface area contributed by atoms with Gasteiger partial charge >= 0.3 is 0 Å². The van der Waals surface area contributed by atoms with Crippen LogP contribution in [0, 0.1) is 0 Å². The van der Waals surface area contributed by atoms with Gasteiger partial charge < -0.3 is 15.0 Å². The van der Waals surface area contributed by atoms with Gasteiger partial charge in [-0.1, -0.05) is 47.7 Å². The van der Waals surface area contributed by atoms with Crippen LogP contribution in [0.25, 0.3) is 22.2 Å². The molecule has 1 aliphatic rings. The number of morpholine rings is 1. The normalized spacial score (nSPS) is 14.0. The lowest BCUT2D eigenvalue weighted by molar-refractivity contribution is -0.115. The number of carbonyl (C=O) groups is 1. The predicted octanol–water partition coefficient (Wildman–Crippen LogP) is 3.77. The Morgan fingerprint density at radius 2 is 1.97 bits per heavy atom. The third-order valence-corrected chi connectivity index (χ3v) is 5.89. The lowest BCUT2D eigenvalue weighted by Gasteiger charge is -2.29. The number of fused-ring (bicyclic) bond motifs is 1. The van der Waals surface area contributed by atoms with E-state index in [1.54, 1.807) is 5.51 Å². The maximum Gasteiger partial charge on any atom is 0.230 e. The van der Waals surface area contributed by atoms with E-state index in [9.17, 15) is 4.79 Å². The zero-order chi connectivity index (χ0) is 21.0. The number of nitrogens with one attached hydrogen (secondary N) is 1. The summed E-state index contributed by atoms with van der Waals surface area (Å²) in [5.74, 6) is -0.134. The summed E-state index contributed by atoms with van der Waals surface area (Å²) in [6.45, 7) is 3.28. The van der Waals surface area contributed by atoms with Gasteiger partial charge in [-0.25, -0.2) is 4.98 Å². The molecule has 2 aromatic carbocycles. The molecule has 4 aromatic rings. The van der Waals surface area contributed by atoms with Gasteiger partial charge in [-0.2, -0.15) is 0 Å². The second-order valence-electron chi connectivity index (χ2n) is 7.30. The van der Waals surface area contributed by atoms with Crippen LogP contribution in [0.1, 0.15) is 5.56 Å². The first-order valence-corrected chi connectivity index (χ1v) is 11.0. The Labute approximate surface area is 183 Å². The van der Waals surface area contributed by atoms with Gasteiger partial charge in [-0.05, 0) is 23.8 Å². The summed E-state index contributed by atoms with van der Waals surface area (Å²) in [4.78, 5) is 19.7. The van der Waals surface area contributed by atoms with Crippen molar-refractivity contribution in [3.8, 4) is 11.3 Å². The quantitative estimate of drug-likeness (QED) is 0.518. The minimum atomic E-state index is -0.134. The van der Waals surface area contributed by atoms with Crippen molar-refractivity contribution >= 4 is 39.0 Å². The molecule has 8 heteroatoms. The molecule has 0 unspecified atom stereocenters. The van der Waals surface area contributed by atoms with Gasteiger partial charge in [0.15, 0.2) is 0 Å². The van der Waals surface area contributed by atoms with Crippen molar-refractivity contribution in [1.29, 1.82) is 0 Å². The van der Waals surface area contributed by atoms with E-state index in [1.165, 1.54) is 17.0 Å². The number of pyridine rings is 1. The molecule has 0 radical (unpaired) electrons. The van der Waals surface area contributed by atoms with Crippen molar-refractivity contribution in [1.82, 2.24) is 15.2 Å². The largest absolute Gasteiger partial charge is 0.378 e. The second-order valence-corrected chi connectivity index (χ2v) is 8.14. The first kappa shape index (κ1) is 19.6.